The third-order valence-electron chi connectivity index (χ3n) is 4.64. The zero-order chi connectivity index (χ0) is 19.3. The van der Waals surface area contributed by atoms with Gasteiger partial charge in [-0.15, -0.1) is 0 Å². The van der Waals surface area contributed by atoms with Crippen LogP contribution in [0.1, 0.15) is 50.4 Å². The molecule has 1 aromatic heterocycles. The molecular formula is C20H27N3O3. The van der Waals surface area contributed by atoms with E-state index in [4.69, 9.17) is 0 Å². The highest BCUT2D eigenvalue weighted by molar-refractivity contribution is 5.76. The fourth-order valence-electron chi connectivity index (χ4n) is 3.34. The van der Waals surface area contributed by atoms with Gasteiger partial charge < -0.3 is 10.3 Å². The highest BCUT2D eigenvalue weighted by atomic mass is 16.2. The van der Waals surface area contributed by atoms with Crippen LogP contribution in [-0.4, -0.2) is 21.9 Å². The van der Waals surface area contributed by atoms with E-state index in [2.05, 4.69) is 41.3 Å². The maximum atomic E-state index is 12.2. The van der Waals surface area contributed by atoms with Gasteiger partial charge >= 0.3 is 5.69 Å². The molecule has 6 heteroatoms. The van der Waals surface area contributed by atoms with Crippen LogP contribution in [0.5, 0.6) is 0 Å². The van der Waals surface area contributed by atoms with Crippen molar-refractivity contribution in [3.8, 4) is 0 Å². The second kappa shape index (κ2) is 8.17. The van der Waals surface area contributed by atoms with Crippen molar-refractivity contribution in [3.05, 3.63) is 68.0 Å². The molecule has 0 aliphatic rings. The van der Waals surface area contributed by atoms with Crippen LogP contribution in [-0.2, 0) is 16.6 Å². The Morgan fingerprint density at radius 2 is 1.81 bits per heavy atom. The van der Waals surface area contributed by atoms with Crippen molar-refractivity contribution >= 4 is 5.91 Å². The topological polar surface area (TPSA) is 94.8 Å². The first-order valence-electron chi connectivity index (χ1n) is 8.86. The van der Waals surface area contributed by atoms with Crippen molar-refractivity contribution in [2.45, 2.75) is 58.4 Å². The van der Waals surface area contributed by atoms with Gasteiger partial charge in [0.25, 0.3) is 5.56 Å². The molecule has 0 radical (unpaired) electrons. The summed E-state index contributed by atoms with van der Waals surface area (Å²) >= 11 is 0. The molecule has 0 fully saturated rings. The molecule has 1 heterocycles. The smallest absolute Gasteiger partial charge is 0.325 e. The van der Waals surface area contributed by atoms with Crippen molar-refractivity contribution in [2.75, 3.05) is 0 Å². The summed E-state index contributed by atoms with van der Waals surface area (Å²) in [6, 6.07) is 10.2. The number of benzene rings is 1. The number of rotatable bonds is 7. The number of hydrogen-bond acceptors (Lipinski definition) is 3. The molecule has 6 nitrogen and oxygen atoms in total. The van der Waals surface area contributed by atoms with E-state index in [1.807, 2.05) is 25.1 Å². The average Bonchev–Trinajstić information content (AvgIpc) is 2.54. The Morgan fingerprint density at radius 1 is 1.15 bits per heavy atom. The summed E-state index contributed by atoms with van der Waals surface area (Å²) in [6.45, 7) is 7.97. The number of aryl methyl sites for hydroxylation is 1. The van der Waals surface area contributed by atoms with Crippen LogP contribution >= 0.6 is 0 Å². The van der Waals surface area contributed by atoms with Gasteiger partial charge in [0.2, 0.25) is 5.91 Å². The van der Waals surface area contributed by atoms with Gasteiger partial charge in [0.05, 0.1) is 0 Å². The maximum absolute atomic E-state index is 12.2. The standard InChI is InChI=1S/C20H27N3O3/c1-13(12-20(3,4)15-8-6-5-7-9-15)21-17(24)11-10-16-14(2)22-19(26)23-18(16)25/h5-9,13H,10-12H2,1-4H3,(H,21,24)(H2,22,23,25,26). The number of nitrogens with one attached hydrogen (secondary N) is 3. The predicted octanol–water partition coefficient (Wildman–Crippen LogP) is 2.18. The van der Waals surface area contributed by atoms with Crippen molar-refractivity contribution in [1.29, 1.82) is 0 Å². The number of aromatic nitrogens is 2. The van der Waals surface area contributed by atoms with Gasteiger partial charge in [0.1, 0.15) is 0 Å². The zero-order valence-corrected chi connectivity index (χ0v) is 15.8. The SMILES string of the molecule is Cc1[nH]c(=O)[nH]c(=O)c1CCC(=O)NC(C)CC(C)(C)c1ccccc1. The number of amides is 1. The van der Waals surface area contributed by atoms with Crippen molar-refractivity contribution in [1.82, 2.24) is 15.3 Å². The molecule has 3 N–H and O–H groups in total. The molecule has 2 rings (SSSR count). The van der Waals surface area contributed by atoms with E-state index in [0.717, 1.165) is 6.42 Å². The van der Waals surface area contributed by atoms with Gasteiger partial charge in [-0.3, -0.25) is 14.6 Å². The minimum Gasteiger partial charge on any atom is -0.354 e. The van der Waals surface area contributed by atoms with E-state index in [-0.39, 0.29) is 23.8 Å². The lowest BCUT2D eigenvalue weighted by molar-refractivity contribution is -0.121. The van der Waals surface area contributed by atoms with E-state index in [1.54, 1.807) is 6.92 Å². The first-order valence-corrected chi connectivity index (χ1v) is 8.86. The summed E-state index contributed by atoms with van der Waals surface area (Å²) in [4.78, 5) is 40.0. The summed E-state index contributed by atoms with van der Waals surface area (Å²) in [7, 11) is 0. The fourth-order valence-corrected chi connectivity index (χ4v) is 3.34. The summed E-state index contributed by atoms with van der Waals surface area (Å²) in [5.41, 5.74) is 1.16. The van der Waals surface area contributed by atoms with Gasteiger partial charge in [0.15, 0.2) is 0 Å². The molecule has 0 saturated carbocycles. The minimum absolute atomic E-state index is 0.00710. The predicted molar refractivity (Wildman–Crippen MR) is 102 cm³/mol. The molecule has 0 bridgehead atoms. The molecule has 0 aliphatic carbocycles. The van der Waals surface area contributed by atoms with Gasteiger partial charge in [-0.1, -0.05) is 44.2 Å². The highest BCUT2D eigenvalue weighted by Crippen LogP contribution is 2.28. The summed E-state index contributed by atoms with van der Waals surface area (Å²) < 4.78 is 0. The monoisotopic (exact) mass is 357 g/mol. The molecule has 1 aromatic carbocycles. The van der Waals surface area contributed by atoms with Crippen LogP contribution in [0.15, 0.2) is 39.9 Å². The van der Waals surface area contributed by atoms with Crippen LogP contribution in [0.2, 0.25) is 0 Å². The molecule has 0 saturated heterocycles. The third-order valence-corrected chi connectivity index (χ3v) is 4.64. The number of carbonyl (C=O) groups is 1. The summed E-state index contributed by atoms with van der Waals surface area (Å²) in [6.07, 6.45) is 1.30. The summed E-state index contributed by atoms with van der Waals surface area (Å²) in [5, 5.41) is 3.00. The molecular weight excluding hydrogens is 330 g/mol. The maximum Gasteiger partial charge on any atom is 0.325 e. The molecule has 2 aromatic rings. The molecule has 1 unspecified atom stereocenters. The molecule has 140 valence electrons. The molecule has 0 aliphatic heterocycles. The van der Waals surface area contributed by atoms with Gasteiger partial charge in [0, 0.05) is 23.7 Å². The van der Waals surface area contributed by atoms with Crippen LogP contribution in [0, 0.1) is 6.92 Å². The molecule has 1 atom stereocenters. The van der Waals surface area contributed by atoms with Crippen LogP contribution in [0.3, 0.4) is 0 Å². The Bertz CT molecular complexity index is 866. The highest BCUT2D eigenvalue weighted by Gasteiger charge is 2.24. The largest absolute Gasteiger partial charge is 0.354 e. The van der Waals surface area contributed by atoms with E-state index < -0.39 is 11.2 Å². The van der Waals surface area contributed by atoms with Gasteiger partial charge in [-0.2, -0.15) is 0 Å². The molecule has 0 spiro atoms. The van der Waals surface area contributed by atoms with Crippen molar-refractivity contribution in [2.24, 2.45) is 0 Å². The Balaban J connectivity index is 1.92. The van der Waals surface area contributed by atoms with Crippen LogP contribution in [0.25, 0.3) is 0 Å². The van der Waals surface area contributed by atoms with Gasteiger partial charge in [-0.25, -0.2) is 4.79 Å². The average molecular weight is 357 g/mol. The Labute approximate surface area is 153 Å². The molecule has 1 amide bonds. The number of H-pyrrole nitrogens is 2. The number of carbonyl (C=O) groups excluding carboxylic acids is 1. The lowest BCUT2D eigenvalue weighted by Gasteiger charge is -2.29. The Kier molecular flexibility index (Phi) is 6.18. The van der Waals surface area contributed by atoms with E-state index >= 15 is 0 Å². The Hall–Kier alpha value is -2.63. The number of hydrogen-bond donors (Lipinski definition) is 3. The third kappa shape index (κ3) is 5.18. The Morgan fingerprint density at radius 3 is 2.42 bits per heavy atom. The number of aromatic amines is 2. The quantitative estimate of drug-likeness (QED) is 0.709. The lowest BCUT2D eigenvalue weighted by atomic mass is 9.79. The van der Waals surface area contributed by atoms with E-state index in [0.29, 0.717) is 17.7 Å². The van der Waals surface area contributed by atoms with Gasteiger partial charge in [-0.05, 0) is 37.7 Å². The summed E-state index contributed by atoms with van der Waals surface area (Å²) in [5.74, 6) is -0.105. The lowest BCUT2D eigenvalue weighted by Crippen LogP contribution is -2.37. The van der Waals surface area contributed by atoms with Crippen LogP contribution in [0.4, 0.5) is 0 Å². The minimum atomic E-state index is -0.530. The van der Waals surface area contributed by atoms with E-state index in [9.17, 15) is 14.4 Å². The van der Waals surface area contributed by atoms with E-state index in [1.165, 1.54) is 5.56 Å². The van der Waals surface area contributed by atoms with Crippen LogP contribution < -0.4 is 16.6 Å². The zero-order valence-electron chi connectivity index (χ0n) is 15.8. The fraction of sp³-hybridized carbons (Fsp3) is 0.450. The second-order valence-corrected chi connectivity index (χ2v) is 7.43. The molecule has 26 heavy (non-hydrogen) atoms. The first-order chi connectivity index (χ1) is 12.2. The second-order valence-electron chi connectivity index (χ2n) is 7.43. The normalized spacial score (nSPS) is 12.6. The van der Waals surface area contributed by atoms with Crippen molar-refractivity contribution in [3.63, 3.8) is 0 Å². The van der Waals surface area contributed by atoms with Crippen molar-refractivity contribution < 1.29 is 4.79 Å². The first kappa shape index (κ1) is 19.7.